The molecule has 1 aliphatic heterocycles. The quantitative estimate of drug-likeness (QED) is 0.819. The first-order chi connectivity index (χ1) is 12.8. The summed E-state index contributed by atoms with van der Waals surface area (Å²) in [6, 6.07) is 5.53. The Morgan fingerprint density at radius 3 is 2.56 bits per heavy atom. The van der Waals surface area contributed by atoms with Crippen molar-refractivity contribution in [3.63, 3.8) is 0 Å². The van der Waals surface area contributed by atoms with E-state index in [2.05, 4.69) is 5.32 Å². The number of nitrogens with zero attached hydrogens (tertiary/aromatic N) is 1. The maximum absolute atomic E-state index is 13.1. The van der Waals surface area contributed by atoms with Crippen molar-refractivity contribution >= 4 is 15.9 Å². The number of piperidine rings is 1. The lowest BCUT2D eigenvalue weighted by Gasteiger charge is -2.33. The molecule has 3 rings (SSSR count). The van der Waals surface area contributed by atoms with Crippen molar-refractivity contribution in [2.24, 2.45) is 5.92 Å². The zero-order valence-corrected chi connectivity index (χ0v) is 17.0. The van der Waals surface area contributed by atoms with Crippen LogP contribution < -0.4 is 5.32 Å². The van der Waals surface area contributed by atoms with Crippen LogP contribution in [0.15, 0.2) is 23.1 Å². The SMILES string of the molecule is Cc1ccc(C)c(S(=O)(=O)N2CCC[C@H](C(=O)NC3CCC(O)CC3)C2)c1. The smallest absolute Gasteiger partial charge is 0.243 e. The number of rotatable bonds is 4. The van der Waals surface area contributed by atoms with E-state index in [9.17, 15) is 18.3 Å². The molecule has 1 saturated heterocycles. The van der Waals surface area contributed by atoms with Crippen LogP contribution in [0.25, 0.3) is 0 Å². The zero-order valence-electron chi connectivity index (χ0n) is 16.1. The van der Waals surface area contributed by atoms with E-state index in [0.717, 1.165) is 24.0 Å². The van der Waals surface area contributed by atoms with Gasteiger partial charge < -0.3 is 10.4 Å². The molecule has 1 atom stereocenters. The molecule has 1 amide bonds. The average molecular weight is 395 g/mol. The van der Waals surface area contributed by atoms with Crippen LogP contribution in [-0.2, 0) is 14.8 Å². The summed E-state index contributed by atoms with van der Waals surface area (Å²) in [6.07, 6.45) is 4.12. The number of sulfonamides is 1. The topological polar surface area (TPSA) is 86.7 Å². The maximum atomic E-state index is 13.1. The number of benzene rings is 1. The summed E-state index contributed by atoms with van der Waals surface area (Å²) in [5.41, 5.74) is 1.64. The number of amides is 1. The lowest BCUT2D eigenvalue weighted by Crippen LogP contribution is -2.48. The molecular formula is C20H30N2O4S. The van der Waals surface area contributed by atoms with Gasteiger partial charge in [-0.1, -0.05) is 12.1 Å². The molecule has 1 aromatic rings. The van der Waals surface area contributed by atoms with E-state index in [1.807, 2.05) is 19.1 Å². The number of aliphatic hydroxyl groups is 1. The second kappa shape index (κ2) is 8.29. The average Bonchev–Trinajstić information content (AvgIpc) is 2.65. The first-order valence-electron chi connectivity index (χ1n) is 9.83. The molecule has 0 spiro atoms. The summed E-state index contributed by atoms with van der Waals surface area (Å²) in [7, 11) is -3.60. The fourth-order valence-corrected chi connectivity index (χ4v) is 5.87. The lowest BCUT2D eigenvalue weighted by molar-refractivity contribution is -0.127. The highest BCUT2D eigenvalue weighted by molar-refractivity contribution is 7.89. The Morgan fingerprint density at radius 2 is 1.85 bits per heavy atom. The Hall–Kier alpha value is -1.44. The van der Waals surface area contributed by atoms with Crippen molar-refractivity contribution in [2.45, 2.75) is 69.4 Å². The molecule has 0 aromatic heterocycles. The summed E-state index contributed by atoms with van der Waals surface area (Å²) in [5.74, 6) is -0.372. The second-order valence-electron chi connectivity index (χ2n) is 7.99. The van der Waals surface area contributed by atoms with Gasteiger partial charge in [0.15, 0.2) is 0 Å². The van der Waals surface area contributed by atoms with Crippen molar-refractivity contribution in [3.05, 3.63) is 29.3 Å². The van der Waals surface area contributed by atoms with Crippen LogP contribution >= 0.6 is 0 Å². The predicted octanol–water partition coefficient (Wildman–Crippen LogP) is 2.12. The van der Waals surface area contributed by atoms with Gasteiger partial charge in [-0.15, -0.1) is 0 Å². The largest absolute Gasteiger partial charge is 0.393 e. The maximum Gasteiger partial charge on any atom is 0.243 e. The summed E-state index contributed by atoms with van der Waals surface area (Å²) >= 11 is 0. The molecule has 2 aliphatic rings. The van der Waals surface area contributed by atoms with Crippen LogP contribution in [-0.4, -0.2) is 49.0 Å². The molecule has 150 valence electrons. The zero-order chi connectivity index (χ0) is 19.6. The number of carbonyl (C=O) groups excluding carboxylic acids is 1. The Morgan fingerprint density at radius 1 is 1.15 bits per heavy atom. The van der Waals surface area contributed by atoms with Crippen molar-refractivity contribution in [1.29, 1.82) is 0 Å². The third-order valence-corrected chi connectivity index (χ3v) is 7.77. The first-order valence-corrected chi connectivity index (χ1v) is 11.3. The molecule has 1 heterocycles. The molecule has 1 aromatic carbocycles. The van der Waals surface area contributed by atoms with Gasteiger partial charge in [0, 0.05) is 19.1 Å². The van der Waals surface area contributed by atoms with Crippen LogP contribution in [0.5, 0.6) is 0 Å². The van der Waals surface area contributed by atoms with E-state index in [0.29, 0.717) is 37.1 Å². The Bertz CT molecular complexity index is 785. The van der Waals surface area contributed by atoms with Gasteiger partial charge in [0.1, 0.15) is 0 Å². The molecular weight excluding hydrogens is 364 g/mol. The van der Waals surface area contributed by atoms with Gasteiger partial charge in [-0.3, -0.25) is 4.79 Å². The molecule has 1 aliphatic carbocycles. The van der Waals surface area contributed by atoms with Crippen molar-refractivity contribution in [3.8, 4) is 0 Å². The number of hydrogen-bond donors (Lipinski definition) is 2. The van der Waals surface area contributed by atoms with E-state index in [1.54, 1.807) is 13.0 Å². The minimum Gasteiger partial charge on any atom is -0.393 e. The van der Waals surface area contributed by atoms with Gasteiger partial charge in [0.05, 0.1) is 16.9 Å². The molecule has 6 nitrogen and oxygen atoms in total. The third kappa shape index (κ3) is 4.70. The molecule has 0 radical (unpaired) electrons. The summed E-state index contributed by atoms with van der Waals surface area (Å²) in [4.78, 5) is 13.0. The third-order valence-electron chi connectivity index (χ3n) is 5.76. The van der Waals surface area contributed by atoms with Crippen molar-refractivity contribution in [2.75, 3.05) is 13.1 Å². The van der Waals surface area contributed by atoms with E-state index < -0.39 is 10.0 Å². The number of aryl methyl sites for hydroxylation is 2. The molecule has 1 saturated carbocycles. The van der Waals surface area contributed by atoms with Crippen LogP contribution in [0.3, 0.4) is 0 Å². The summed E-state index contributed by atoms with van der Waals surface area (Å²) in [5, 5.41) is 12.7. The van der Waals surface area contributed by atoms with Gasteiger partial charge in [-0.05, 0) is 69.6 Å². The number of hydrogen-bond acceptors (Lipinski definition) is 4. The van der Waals surface area contributed by atoms with Crippen molar-refractivity contribution in [1.82, 2.24) is 9.62 Å². The lowest BCUT2D eigenvalue weighted by atomic mass is 9.92. The van der Waals surface area contributed by atoms with Gasteiger partial charge in [0.2, 0.25) is 15.9 Å². The van der Waals surface area contributed by atoms with E-state index in [4.69, 9.17) is 0 Å². The molecule has 0 bridgehead atoms. The Kier molecular flexibility index (Phi) is 6.23. The molecule has 2 N–H and O–H groups in total. The molecule has 27 heavy (non-hydrogen) atoms. The van der Waals surface area contributed by atoms with Gasteiger partial charge in [-0.2, -0.15) is 4.31 Å². The highest BCUT2D eigenvalue weighted by Gasteiger charge is 2.35. The number of aliphatic hydroxyl groups excluding tert-OH is 1. The Labute approximate surface area is 162 Å². The van der Waals surface area contributed by atoms with Gasteiger partial charge >= 0.3 is 0 Å². The van der Waals surface area contributed by atoms with E-state index in [1.165, 1.54) is 4.31 Å². The predicted molar refractivity (Wildman–Crippen MR) is 104 cm³/mol. The molecule has 2 fully saturated rings. The van der Waals surface area contributed by atoms with Crippen LogP contribution in [0, 0.1) is 19.8 Å². The fraction of sp³-hybridized carbons (Fsp3) is 0.650. The van der Waals surface area contributed by atoms with E-state index >= 15 is 0 Å². The molecule has 0 unspecified atom stereocenters. The fourth-order valence-electron chi connectivity index (χ4n) is 4.04. The minimum absolute atomic E-state index is 0.0581. The Balaban J connectivity index is 1.68. The number of nitrogens with one attached hydrogen (secondary N) is 1. The normalized spacial score (nSPS) is 27.3. The highest BCUT2D eigenvalue weighted by Crippen LogP contribution is 2.27. The first kappa shape index (κ1) is 20.3. The highest BCUT2D eigenvalue weighted by atomic mass is 32.2. The van der Waals surface area contributed by atoms with Crippen LogP contribution in [0.2, 0.25) is 0 Å². The second-order valence-corrected chi connectivity index (χ2v) is 9.89. The van der Waals surface area contributed by atoms with Crippen LogP contribution in [0.4, 0.5) is 0 Å². The molecule has 7 heteroatoms. The minimum atomic E-state index is -3.60. The number of carbonyl (C=O) groups is 1. The van der Waals surface area contributed by atoms with Crippen molar-refractivity contribution < 1.29 is 18.3 Å². The van der Waals surface area contributed by atoms with Gasteiger partial charge in [0.25, 0.3) is 0 Å². The van der Waals surface area contributed by atoms with Gasteiger partial charge in [-0.25, -0.2) is 8.42 Å². The monoisotopic (exact) mass is 394 g/mol. The van der Waals surface area contributed by atoms with E-state index in [-0.39, 0.29) is 30.5 Å². The summed E-state index contributed by atoms with van der Waals surface area (Å²) < 4.78 is 27.7. The standard InChI is InChI=1S/C20H30N2O4S/c1-14-5-6-15(2)19(12-14)27(25,26)22-11-3-4-16(13-22)20(24)21-17-7-9-18(23)10-8-17/h5-6,12,16-18,23H,3-4,7-11,13H2,1-2H3,(H,21,24)/t16-,17?,18?/m0/s1. The summed E-state index contributed by atoms with van der Waals surface area (Å²) in [6.45, 7) is 4.37. The van der Waals surface area contributed by atoms with Crippen LogP contribution in [0.1, 0.15) is 49.7 Å².